The number of anilines is 2. The number of benzene rings is 2. The summed E-state index contributed by atoms with van der Waals surface area (Å²) in [6.07, 6.45) is 0.101. The summed E-state index contributed by atoms with van der Waals surface area (Å²) in [6, 6.07) is 16.7. The second-order valence-corrected chi connectivity index (χ2v) is 10.6. The molecule has 8 nitrogen and oxygen atoms in total. The number of nitrogens with one attached hydrogen (secondary N) is 1. The molecule has 0 fully saturated rings. The number of sulfonamides is 1. The molecule has 0 bridgehead atoms. The average molecular weight is 463 g/mol. The molecule has 2 heterocycles. The standard InChI is InChI=1S/C19H18N4O4S3/c1-30(25,26)23-11-16(27-15-10-6-5-9-14(15)23)17(24)20-18-21-22-19(29-18)28-12-13-7-3-2-4-8-13/h2-10,16H,11-12H2,1H3,(H,20,21,24)/t16-/m0/s1. The molecule has 1 N–H and O–H groups in total. The largest absolute Gasteiger partial charge is 0.476 e. The molecule has 0 saturated carbocycles. The van der Waals surface area contributed by atoms with Crippen molar-refractivity contribution in [3.05, 3.63) is 60.2 Å². The maximum atomic E-state index is 12.7. The van der Waals surface area contributed by atoms with Crippen LogP contribution in [0.1, 0.15) is 5.56 Å². The maximum Gasteiger partial charge on any atom is 0.269 e. The van der Waals surface area contributed by atoms with Crippen LogP contribution in [0, 0.1) is 0 Å². The number of hydrogen-bond donors (Lipinski definition) is 1. The Balaban J connectivity index is 1.42. The van der Waals surface area contributed by atoms with Crippen molar-refractivity contribution in [2.75, 3.05) is 22.4 Å². The number of carbonyl (C=O) groups excluding carboxylic acids is 1. The van der Waals surface area contributed by atoms with Gasteiger partial charge in [0.1, 0.15) is 5.75 Å². The topological polar surface area (TPSA) is 101 Å². The molecule has 156 valence electrons. The number of para-hydroxylation sites is 2. The lowest BCUT2D eigenvalue weighted by Crippen LogP contribution is -2.48. The highest BCUT2D eigenvalue weighted by atomic mass is 32.2. The fourth-order valence-electron chi connectivity index (χ4n) is 2.88. The van der Waals surface area contributed by atoms with Crippen molar-refractivity contribution >= 4 is 49.8 Å². The van der Waals surface area contributed by atoms with E-state index in [1.54, 1.807) is 24.3 Å². The van der Waals surface area contributed by atoms with Crippen molar-refractivity contribution in [2.45, 2.75) is 16.2 Å². The normalized spacial score (nSPS) is 15.9. The predicted molar refractivity (Wildman–Crippen MR) is 118 cm³/mol. The van der Waals surface area contributed by atoms with Crippen LogP contribution in [-0.4, -0.2) is 43.4 Å². The van der Waals surface area contributed by atoms with Gasteiger partial charge in [0.2, 0.25) is 15.2 Å². The van der Waals surface area contributed by atoms with E-state index in [-0.39, 0.29) is 6.54 Å². The Kier molecular flexibility index (Phi) is 5.93. The van der Waals surface area contributed by atoms with Gasteiger partial charge in [-0.3, -0.25) is 14.4 Å². The SMILES string of the molecule is CS(=O)(=O)N1C[C@@H](C(=O)Nc2nnc(SCc3ccccc3)s2)Oc2ccccc21. The first-order valence-electron chi connectivity index (χ1n) is 8.94. The summed E-state index contributed by atoms with van der Waals surface area (Å²) < 4.78 is 32.0. The Bertz CT molecular complexity index is 1150. The number of nitrogens with zero attached hydrogens (tertiary/aromatic N) is 3. The molecule has 1 aliphatic rings. The molecule has 1 amide bonds. The third-order valence-corrected chi connectivity index (χ3v) is 7.46. The van der Waals surface area contributed by atoms with Crippen LogP contribution < -0.4 is 14.4 Å². The molecule has 0 unspecified atom stereocenters. The number of fused-ring (bicyclic) bond motifs is 1. The Hall–Kier alpha value is -2.63. The first-order chi connectivity index (χ1) is 14.4. The Morgan fingerprint density at radius 1 is 1.20 bits per heavy atom. The van der Waals surface area contributed by atoms with Crippen molar-refractivity contribution < 1.29 is 17.9 Å². The fourth-order valence-corrected chi connectivity index (χ4v) is 5.50. The van der Waals surface area contributed by atoms with E-state index in [0.29, 0.717) is 16.6 Å². The number of ether oxygens (including phenoxy) is 1. The number of aromatic nitrogens is 2. The van der Waals surface area contributed by atoms with Crippen molar-refractivity contribution in [1.82, 2.24) is 10.2 Å². The Labute approximate surface area is 182 Å². The number of carbonyl (C=O) groups is 1. The van der Waals surface area contributed by atoms with Gasteiger partial charge >= 0.3 is 0 Å². The second-order valence-electron chi connectivity index (χ2n) is 6.50. The molecular weight excluding hydrogens is 444 g/mol. The van der Waals surface area contributed by atoms with Gasteiger partial charge in [-0.2, -0.15) is 0 Å². The van der Waals surface area contributed by atoms with E-state index in [2.05, 4.69) is 15.5 Å². The third-order valence-electron chi connectivity index (χ3n) is 4.27. The van der Waals surface area contributed by atoms with Gasteiger partial charge in [0.25, 0.3) is 5.91 Å². The number of thioether (sulfide) groups is 1. The van der Waals surface area contributed by atoms with Gasteiger partial charge in [-0.15, -0.1) is 10.2 Å². The summed E-state index contributed by atoms with van der Waals surface area (Å²) in [6.45, 7) is -0.115. The van der Waals surface area contributed by atoms with E-state index in [1.165, 1.54) is 33.0 Å². The monoisotopic (exact) mass is 462 g/mol. The van der Waals surface area contributed by atoms with Crippen LogP contribution in [0.5, 0.6) is 5.75 Å². The molecule has 0 aliphatic carbocycles. The summed E-state index contributed by atoms with van der Waals surface area (Å²) in [5.74, 6) is 0.606. The molecule has 1 atom stereocenters. The zero-order valence-corrected chi connectivity index (χ0v) is 18.3. The van der Waals surface area contributed by atoms with E-state index in [4.69, 9.17) is 4.74 Å². The Morgan fingerprint density at radius 3 is 2.70 bits per heavy atom. The molecule has 1 aromatic heterocycles. The van der Waals surface area contributed by atoms with E-state index in [9.17, 15) is 13.2 Å². The van der Waals surface area contributed by atoms with Gasteiger partial charge in [0, 0.05) is 5.75 Å². The second kappa shape index (κ2) is 8.62. The van der Waals surface area contributed by atoms with E-state index >= 15 is 0 Å². The minimum Gasteiger partial charge on any atom is -0.476 e. The molecule has 30 heavy (non-hydrogen) atoms. The fraction of sp³-hybridized carbons (Fsp3) is 0.211. The molecule has 0 radical (unpaired) electrons. The zero-order chi connectivity index (χ0) is 21.1. The summed E-state index contributed by atoms with van der Waals surface area (Å²) in [7, 11) is -3.56. The van der Waals surface area contributed by atoms with Crippen LogP contribution in [0.25, 0.3) is 0 Å². The van der Waals surface area contributed by atoms with Crippen LogP contribution >= 0.6 is 23.1 Å². The first-order valence-corrected chi connectivity index (χ1v) is 12.6. The maximum absolute atomic E-state index is 12.7. The minimum atomic E-state index is -3.56. The molecule has 0 saturated heterocycles. The molecule has 0 spiro atoms. The van der Waals surface area contributed by atoms with Crippen LogP contribution in [0.15, 0.2) is 58.9 Å². The lowest BCUT2D eigenvalue weighted by molar-refractivity contribution is -0.122. The van der Waals surface area contributed by atoms with Crippen LogP contribution in [0.4, 0.5) is 10.8 Å². The first kappa shape index (κ1) is 20.6. The highest BCUT2D eigenvalue weighted by molar-refractivity contribution is 8.00. The quantitative estimate of drug-likeness (QED) is 0.444. The van der Waals surface area contributed by atoms with Crippen molar-refractivity contribution in [3.8, 4) is 5.75 Å². The number of rotatable bonds is 6. The van der Waals surface area contributed by atoms with Crippen LogP contribution in [-0.2, 0) is 20.6 Å². The van der Waals surface area contributed by atoms with Crippen LogP contribution in [0.3, 0.4) is 0 Å². The average Bonchev–Trinajstić information content (AvgIpc) is 3.18. The summed E-state index contributed by atoms with van der Waals surface area (Å²) >= 11 is 2.78. The van der Waals surface area contributed by atoms with Crippen LogP contribution in [0.2, 0.25) is 0 Å². The van der Waals surface area contributed by atoms with Crippen molar-refractivity contribution in [3.63, 3.8) is 0 Å². The van der Waals surface area contributed by atoms with Gasteiger partial charge in [-0.1, -0.05) is 65.6 Å². The molecular formula is C19H18N4O4S3. The van der Waals surface area contributed by atoms with Gasteiger partial charge < -0.3 is 4.74 Å². The minimum absolute atomic E-state index is 0.115. The van der Waals surface area contributed by atoms with E-state index < -0.39 is 22.0 Å². The summed E-state index contributed by atoms with van der Waals surface area (Å²) in [4.78, 5) is 12.7. The van der Waals surface area contributed by atoms with Crippen molar-refractivity contribution in [1.29, 1.82) is 0 Å². The smallest absolute Gasteiger partial charge is 0.269 e. The molecule has 4 rings (SSSR count). The summed E-state index contributed by atoms with van der Waals surface area (Å²) in [5.41, 5.74) is 1.58. The number of hydrogen-bond acceptors (Lipinski definition) is 8. The van der Waals surface area contributed by atoms with Gasteiger partial charge in [0.05, 0.1) is 18.5 Å². The number of amides is 1. The van der Waals surface area contributed by atoms with Gasteiger partial charge in [-0.25, -0.2) is 8.42 Å². The molecule has 3 aromatic rings. The van der Waals surface area contributed by atoms with Gasteiger partial charge in [0.15, 0.2) is 10.4 Å². The molecule has 11 heteroatoms. The lowest BCUT2D eigenvalue weighted by atomic mass is 10.2. The molecule has 1 aliphatic heterocycles. The predicted octanol–water partition coefficient (Wildman–Crippen LogP) is 3.00. The van der Waals surface area contributed by atoms with Crippen molar-refractivity contribution in [2.24, 2.45) is 0 Å². The highest BCUT2D eigenvalue weighted by Crippen LogP contribution is 2.35. The summed E-state index contributed by atoms with van der Waals surface area (Å²) in [5, 5.41) is 11.1. The van der Waals surface area contributed by atoms with Gasteiger partial charge in [-0.05, 0) is 17.7 Å². The van der Waals surface area contributed by atoms with E-state index in [1.807, 2.05) is 30.3 Å². The lowest BCUT2D eigenvalue weighted by Gasteiger charge is -2.33. The zero-order valence-electron chi connectivity index (χ0n) is 15.9. The highest BCUT2D eigenvalue weighted by Gasteiger charge is 2.35. The third kappa shape index (κ3) is 4.74. The van der Waals surface area contributed by atoms with E-state index in [0.717, 1.165) is 16.3 Å². The Morgan fingerprint density at radius 2 is 1.93 bits per heavy atom. The molecule has 2 aromatic carbocycles.